The van der Waals surface area contributed by atoms with Crippen LogP contribution in [-0.4, -0.2) is 9.97 Å². The van der Waals surface area contributed by atoms with E-state index in [-0.39, 0.29) is 17.2 Å². The Balaban J connectivity index is 2.38. The number of nitrogens with zero attached hydrogens (tertiary/aromatic N) is 1. The molecule has 2 rings (SSSR count). The molecular formula is C10H5BrFIN2O2. The third-order valence-electron chi connectivity index (χ3n) is 1.82. The van der Waals surface area contributed by atoms with Gasteiger partial charge in [0.25, 0.3) is 5.56 Å². The SMILES string of the molecule is O=c1[nH]cnc(Oc2cc(F)cc(Br)c2)c1I. The number of aromatic amines is 1. The Morgan fingerprint density at radius 2 is 2.18 bits per heavy atom. The van der Waals surface area contributed by atoms with Gasteiger partial charge in [0.1, 0.15) is 15.1 Å². The molecule has 88 valence electrons. The number of benzene rings is 1. The van der Waals surface area contributed by atoms with Crippen LogP contribution in [0, 0.1) is 9.39 Å². The summed E-state index contributed by atoms with van der Waals surface area (Å²) < 4.78 is 19.3. The minimum atomic E-state index is -0.436. The van der Waals surface area contributed by atoms with Crippen LogP contribution in [0.3, 0.4) is 0 Å². The Bertz CT molecular complexity index is 597. The predicted molar refractivity (Wildman–Crippen MR) is 71.7 cm³/mol. The number of hydrogen-bond donors (Lipinski definition) is 1. The molecule has 1 aromatic heterocycles. The molecule has 0 amide bonds. The van der Waals surface area contributed by atoms with E-state index in [9.17, 15) is 9.18 Å². The maximum Gasteiger partial charge on any atom is 0.268 e. The second kappa shape index (κ2) is 5.13. The van der Waals surface area contributed by atoms with Crippen LogP contribution in [0.4, 0.5) is 4.39 Å². The lowest BCUT2D eigenvalue weighted by molar-refractivity contribution is 0.451. The van der Waals surface area contributed by atoms with Crippen molar-refractivity contribution in [2.24, 2.45) is 0 Å². The van der Waals surface area contributed by atoms with E-state index in [0.29, 0.717) is 8.04 Å². The van der Waals surface area contributed by atoms with Gasteiger partial charge in [0.2, 0.25) is 5.88 Å². The van der Waals surface area contributed by atoms with E-state index >= 15 is 0 Å². The summed E-state index contributed by atoms with van der Waals surface area (Å²) in [6.45, 7) is 0. The molecule has 0 saturated carbocycles. The molecule has 0 fully saturated rings. The summed E-state index contributed by atoms with van der Waals surface area (Å²) >= 11 is 4.96. The zero-order chi connectivity index (χ0) is 12.4. The van der Waals surface area contributed by atoms with Crippen LogP contribution >= 0.6 is 38.5 Å². The average molecular weight is 411 g/mol. The highest BCUT2D eigenvalue weighted by Gasteiger charge is 2.08. The van der Waals surface area contributed by atoms with E-state index in [1.165, 1.54) is 18.5 Å². The van der Waals surface area contributed by atoms with Crippen molar-refractivity contribution in [3.63, 3.8) is 0 Å². The molecule has 1 aromatic carbocycles. The molecule has 7 heteroatoms. The van der Waals surface area contributed by atoms with Crippen LogP contribution in [0.25, 0.3) is 0 Å². The number of nitrogens with one attached hydrogen (secondary N) is 1. The Hall–Kier alpha value is -0.960. The van der Waals surface area contributed by atoms with Crippen molar-refractivity contribution in [3.05, 3.63) is 48.7 Å². The number of rotatable bonds is 2. The molecule has 1 heterocycles. The van der Waals surface area contributed by atoms with Gasteiger partial charge in [-0.1, -0.05) is 15.9 Å². The quantitative estimate of drug-likeness (QED) is 0.774. The fourth-order valence-electron chi connectivity index (χ4n) is 1.14. The van der Waals surface area contributed by atoms with E-state index < -0.39 is 5.82 Å². The van der Waals surface area contributed by atoms with Gasteiger partial charge in [0, 0.05) is 10.5 Å². The summed E-state index contributed by atoms with van der Waals surface area (Å²) in [5.41, 5.74) is -0.300. The molecule has 0 spiro atoms. The van der Waals surface area contributed by atoms with Gasteiger partial charge in [-0.3, -0.25) is 4.79 Å². The highest BCUT2D eigenvalue weighted by molar-refractivity contribution is 14.1. The normalized spacial score (nSPS) is 10.3. The molecule has 0 aliphatic carbocycles. The first-order valence-corrected chi connectivity index (χ1v) is 6.30. The van der Waals surface area contributed by atoms with Crippen molar-refractivity contribution in [2.45, 2.75) is 0 Å². The van der Waals surface area contributed by atoms with E-state index in [4.69, 9.17) is 4.74 Å². The molecule has 0 atom stereocenters. The van der Waals surface area contributed by atoms with Crippen molar-refractivity contribution in [3.8, 4) is 11.6 Å². The molecule has 0 radical (unpaired) electrons. The first kappa shape index (κ1) is 12.5. The standard InChI is InChI=1S/C10H5BrFIN2O2/c11-5-1-6(12)3-7(2-5)17-10-8(13)9(16)14-4-15-10/h1-4H,(H,14,15,16). The summed E-state index contributed by atoms with van der Waals surface area (Å²) in [5, 5.41) is 0. The molecular weight excluding hydrogens is 406 g/mol. The van der Waals surface area contributed by atoms with E-state index in [0.717, 1.165) is 0 Å². The Labute approximate surface area is 117 Å². The van der Waals surface area contributed by atoms with Crippen molar-refractivity contribution in [1.82, 2.24) is 9.97 Å². The van der Waals surface area contributed by atoms with Crippen LogP contribution < -0.4 is 10.3 Å². The number of H-pyrrole nitrogens is 1. The average Bonchev–Trinajstić information content (AvgIpc) is 2.23. The third kappa shape index (κ3) is 3.03. The van der Waals surface area contributed by atoms with Crippen LogP contribution in [0.2, 0.25) is 0 Å². The fourth-order valence-corrected chi connectivity index (χ4v) is 1.99. The second-order valence-corrected chi connectivity index (χ2v) is 5.05. The van der Waals surface area contributed by atoms with Gasteiger partial charge in [-0.2, -0.15) is 0 Å². The van der Waals surface area contributed by atoms with Crippen LogP contribution in [0.1, 0.15) is 0 Å². The third-order valence-corrected chi connectivity index (χ3v) is 3.22. The lowest BCUT2D eigenvalue weighted by Crippen LogP contribution is -2.11. The number of ether oxygens (including phenoxy) is 1. The van der Waals surface area contributed by atoms with Crippen LogP contribution in [0.15, 0.2) is 33.8 Å². The van der Waals surface area contributed by atoms with E-state index in [2.05, 4.69) is 25.9 Å². The molecule has 0 aliphatic rings. The molecule has 17 heavy (non-hydrogen) atoms. The maximum absolute atomic E-state index is 13.1. The lowest BCUT2D eigenvalue weighted by atomic mass is 10.3. The van der Waals surface area contributed by atoms with Crippen molar-refractivity contribution in [1.29, 1.82) is 0 Å². The zero-order valence-corrected chi connectivity index (χ0v) is 12.0. The number of hydrogen-bond acceptors (Lipinski definition) is 3. The minimum Gasteiger partial charge on any atom is -0.438 e. The van der Waals surface area contributed by atoms with Gasteiger partial charge >= 0.3 is 0 Å². The van der Waals surface area contributed by atoms with Crippen LogP contribution in [0.5, 0.6) is 11.6 Å². The van der Waals surface area contributed by atoms with E-state index in [1.54, 1.807) is 6.07 Å². The Morgan fingerprint density at radius 3 is 2.88 bits per heavy atom. The fraction of sp³-hybridized carbons (Fsp3) is 0. The monoisotopic (exact) mass is 410 g/mol. The van der Waals surface area contributed by atoms with Crippen molar-refractivity contribution >= 4 is 38.5 Å². The highest BCUT2D eigenvalue weighted by Crippen LogP contribution is 2.25. The van der Waals surface area contributed by atoms with Crippen molar-refractivity contribution in [2.75, 3.05) is 0 Å². The minimum absolute atomic E-state index is 0.145. The second-order valence-electron chi connectivity index (χ2n) is 3.06. The molecule has 2 aromatic rings. The van der Waals surface area contributed by atoms with Gasteiger partial charge in [0.05, 0.1) is 6.33 Å². The highest BCUT2D eigenvalue weighted by atomic mass is 127. The predicted octanol–water partition coefficient (Wildman–Crippen LogP) is 3.07. The molecule has 0 unspecified atom stereocenters. The van der Waals surface area contributed by atoms with Gasteiger partial charge < -0.3 is 9.72 Å². The lowest BCUT2D eigenvalue weighted by Gasteiger charge is -2.06. The molecule has 0 bridgehead atoms. The van der Waals surface area contributed by atoms with Crippen LogP contribution in [-0.2, 0) is 0 Å². The first-order valence-electron chi connectivity index (χ1n) is 4.43. The maximum atomic E-state index is 13.1. The van der Waals surface area contributed by atoms with Gasteiger partial charge in [-0.25, -0.2) is 9.37 Å². The summed E-state index contributed by atoms with van der Waals surface area (Å²) in [5.74, 6) is -0.0195. The molecule has 1 N–H and O–H groups in total. The Morgan fingerprint density at radius 1 is 1.41 bits per heavy atom. The van der Waals surface area contributed by atoms with Crippen molar-refractivity contribution < 1.29 is 9.13 Å². The molecule has 4 nitrogen and oxygen atoms in total. The smallest absolute Gasteiger partial charge is 0.268 e. The number of aromatic nitrogens is 2. The zero-order valence-electron chi connectivity index (χ0n) is 8.21. The number of halogens is 3. The van der Waals surface area contributed by atoms with Gasteiger partial charge in [-0.15, -0.1) is 0 Å². The summed E-state index contributed by atoms with van der Waals surface area (Å²) in [6.07, 6.45) is 1.23. The van der Waals surface area contributed by atoms with E-state index in [1.807, 2.05) is 22.6 Å². The summed E-state index contributed by atoms with van der Waals surface area (Å²) in [6, 6.07) is 4.11. The molecule has 0 saturated heterocycles. The van der Waals surface area contributed by atoms with Gasteiger partial charge in [-0.05, 0) is 34.7 Å². The molecule has 0 aliphatic heterocycles. The summed E-state index contributed by atoms with van der Waals surface area (Å²) in [7, 11) is 0. The Kier molecular flexibility index (Phi) is 3.77. The largest absolute Gasteiger partial charge is 0.438 e. The first-order chi connectivity index (χ1) is 8.06. The van der Waals surface area contributed by atoms with Gasteiger partial charge in [0.15, 0.2) is 0 Å². The topological polar surface area (TPSA) is 55.0 Å². The summed E-state index contributed by atoms with van der Waals surface area (Å²) in [4.78, 5) is 17.6.